The Hall–Kier alpha value is -2.58. The summed E-state index contributed by atoms with van der Waals surface area (Å²) in [4.78, 5) is 0. The Morgan fingerprint density at radius 3 is 2.13 bits per heavy atom. The van der Waals surface area contributed by atoms with Gasteiger partial charge >= 0.3 is 0 Å². The fourth-order valence-corrected chi connectivity index (χ4v) is 2.65. The number of aliphatic hydroxyl groups is 1. The molecule has 2 nitrogen and oxygen atoms in total. The molecule has 0 bridgehead atoms. The maximum Gasteiger partial charge on any atom is 0.130 e. The first-order valence-electron chi connectivity index (χ1n) is 7.83. The van der Waals surface area contributed by atoms with Crippen LogP contribution in [-0.2, 0) is 13.0 Å². The molecule has 0 unspecified atom stereocenters. The number of aliphatic hydroxyl groups excluding tert-OH is 1. The van der Waals surface area contributed by atoms with Crippen LogP contribution >= 0.6 is 0 Å². The van der Waals surface area contributed by atoms with Crippen LogP contribution in [0.2, 0.25) is 0 Å². The number of benzene rings is 3. The third-order valence-corrected chi connectivity index (χ3v) is 3.79. The quantitative estimate of drug-likeness (QED) is 0.728. The van der Waals surface area contributed by atoms with Crippen LogP contribution in [0, 0.1) is 0 Å². The highest BCUT2D eigenvalue weighted by molar-refractivity contribution is 5.72. The lowest BCUT2D eigenvalue weighted by Gasteiger charge is -2.16. The molecule has 0 radical (unpaired) electrons. The van der Waals surface area contributed by atoms with E-state index in [1.165, 1.54) is 0 Å². The minimum atomic E-state index is 0.111. The topological polar surface area (TPSA) is 29.5 Å². The van der Waals surface area contributed by atoms with Gasteiger partial charge in [-0.05, 0) is 23.1 Å². The second-order valence-electron chi connectivity index (χ2n) is 5.41. The van der Waals surface area contributed by atoms with Gasteiger partial charge in [-0.3, -0.25) is 0 Å². The molecule has 0 saturated heterocycles. The lowest BCUT2D eigenvalue weighted by atomic mass is 10.00. The molecule has 3 aromatic carbocycles. The number of rotatable bonds is 6. The number of ether oxygens (including phenoxy) is 1. The smallest absolute Gasteiger partial charge is 0.130 e. The molecular formula is C21H20O2. The zero-order valence-corrected chi connectivity index (χ0v) is 13.0. The van der Waals surface area contributed by atoms with E-state index in [9.17, 15) is 5.11 Å². The molecule has 3 rings (SSSR count). The Labute approximate surface area is 137 Å². The monoisotopic (exact) mass is 304 g/mol. The van der Waals surface area contributed by atoms with Crippen molar-refractivity contribution in [2.45, 2.75) is 13.0 Å². The van der Waals surface area contributed by atoms with E-state index >= 15 is 0 Å². The average molecular weight is 304 g/mol. The van der Waals surface area contributed by atoms with Gasteiger partial charge in [-0.15, -0.1) is 0 Å². The zero-order valence-electron chi connectivity index (χ0n) is 13.0. The summed E-state index contributed by atoms with van der Waals surface area (Å²) < 4.78 is 6.15. The van der Waals surface area contributed by atoms with E-state index in [0.717, 1.165) is 28.0 Å². The Morgan fingerprint density at radius 2 is 1.43 bits per heavy atom. The van der Waals surface area contributed by atoms with Gasteiger partial charge < -0.3 is 9.84 Å². The zero-order chi connectivity index (χ0) is 15.9. The van der Waals surface area contributed by atoms with Crippen LogP contribution in [-0.4, -0.2) is 11.7 Å². The van der Waals surface area contributed by atoms with Crippen LogP contribution in [0.1, 0.15) is 11.1 Å². The van der Waals surface area contributed by atoms with Gasteiger partial charge in [-0.1, -0.05) is 78.9 Å². The average Bonchev–Trinajstić information content (AvgIpc) is 2.62. The van der Waals surface area contributed by atoms with Crippen molar-refractivity contribution < 1.29 is 9.84 Å². The first-order valence-corrected chi connectivity index (χ1v) is 7.83. The summed E-state index contributed by atoms with van der Waals surface area (Å²) in [6, 6.07) is 26.4. The van der Waals surface area contributed by atoms with Crippen LogP contribution in [0.25, 0.3) is 11.1 Å². The van der Waals surface area contributed by atoms with Crippen molar-refractivity contribution in [1.29, 1.82) is 0 Å². The Kier molecular flexibility index (Phi) is 5.07. The van der Waals surface area contributed by atoms with Gasteiger partial charge in [-0.2, -0.15) is 0 Å². The maximum atomic E-state index is 9.34. The maximum absolute atomic E-state index is 9.34. The van der Waals surface area contributed by atoms with E-state index in [0.29, 0.717) is 13.0 Å². The van der Waals surface area contributed by atoms with Gasteiger partial charge in [0.1, 0.15) is 12.4 Å². The van der Waals surface area contributed by atoms with E-state index in [1.54, 1.807) is 0 Å². The molecular weight excluding hydrogens is 284 g/mol. The molecule has 0 spiro atoms. The number of para-hydroxylation sites is 1. The molecule has 3 aromatic rings. The molecule has 0 aliphatic carbocycles. The van der Waals surface area contributed by atoms with Crippen LogP contribution < -0.4 is 4.74 Å². The normalized spacial score (nSPS) is 10.5. The van der Waals surface area contributed by atoms with E-state index in [-0.39, 0.29) is 6.61 Å². The highest BCUT2D eigenvalue weighted by Gasteiger charge is 2.11. The highest BCUT2D eigenvalue weighted by Crippen LogP contribution is 2.34. The van der Waals surface area contributed by atoms with Crippen molar-refractivity contribution in [2.24, 2.45) is 0 Å². The van der Waals surface area contributed by atoms with E-state index in [1.807, 2.05) is 48.5 Å². The van der Waals surface area contributed by atoms with Crippen molar-refractivity contribution in [3.63, 3.8) is 0 Å². The number of hydrogen-bond acceptors (Lipinski definition) is 2. The van der Waals surface area contributed by atoms with Crippen LogP contribution in [0.4, 0.5) is 0 Å². The van der Waals surface area contributed by atoms with Crippen molar-refractivity contribution in [3.8, 4) is 16.9 Å². The standard InChI is InChI=1S/C21H20O2/c22-15-14-19-12-7-13-20(18-10-5-2-6-11-18)21(19)23-16-17-8-3-1-4-9-17/h1-13,22H,14-16H2. The van der Waals surface area contributed by atoms with E-state index < -0.39 is 0 Å². The molecule has 0 saturated carbocycles. The van der Waals surface area contributed by atoms with E-state index in [2.05, 4.69) is 30.3 Å². The van der Waals surface area contributed by atoms with Gasteiger partial charge in [-0.25, -0.2) is 0 Å². The van der Waals surface area contributed by atoms with Crippen molar-refractivity contribution >= 4 is 0 Å². The lowest BCUT2D eigenvalue weighted by molar-refractivity contribution is 0.284. The second-order valence-corrected chi connectivity index (χ2v) is 5.41. The summed E-state index contributed by atoms with van der Waals surface area (Å²) in [5, 5.41) is 9.34. The molecule has 0 aromatic heterocycles. The van der Waals surface area contributed by atoms with Gasteiger partial charge in [0, 0.05) is 12.2 Å². The van der Waals surface area contributed by atoms with Gasteiger partial charge in [0.25, 0.3) is 0 Å². The summed E-state index contributed by atoms with van der Waals surface area (Å²) in [5.41, 5.74) is 4.35. The molecule has 0 aliphatic rings. The number of hydrogen-bond donors (Lipinski definition) is 1. The molecule has 1 N–H and O–H groups in total. The van der Waals surface area contributed by atoms with Gasteiger partial charge in [0.15, 0.2) is 0 Å². The van der Waals surface area contributed by atoms with Gasteiger partial charge in [0.2, 0.25) is 0 Å². The molecule has 0 aliphatic heterocycles. The van der Waals surface area contributed by atoms with Crippen LogP contribution in [0.5, 0.6) is 5.75 Å². The third kappa shape index (κ3) is 3.79. The minimum Gasteiger partial charge on any atom is -0.488 e. The fourth-order valence-electron chi connectivity index (χ4n) is 2.65. The molecule has 0 atom stereocenters. The van der Waals surface area contributed by atoms with Crippen molar-refractivity contribution in [3.05, 3.63) is 90.0 Å². The van der Waals surface area contributed by atoms with Crippen LogP contribution in [0.3, 0.4) is 0 Å². The van der Waals surface area contributed by atoms with Crippen LogP contribution in [0.15, 0.2) is 78.9 Å². The second kappa shape index (κ2) is 7.61. The molecule has 2 heteroatoms. The summed E-state index contributed by atoms with van der Waals surface area (Å²) in [6.07, 6.45) is 0.588. The Bertz CT molecular complexity index is 736. The largest absolute Gasteiger partial charge is 0.488 e. The summed E-state index contributed by atoms with van der Waals surface area (Å²) >= 11 is 0. The Morgan fingerprint density at radius 1 is 0.739 bits per heavy atom. The minimum absolute atomic E-state index is 0.111. The Balaban J connectivity index is 1.95. The third-order valence-electron chi connectivity index (χ3n) is 3.79. The van der Waals surface area contributed by atoms with Gasteiger partial charge in [0.05, 0.1) is 0 Å². The van der Waals surface area contributed by atoms with Crippen molar-refractivity contribution in [1.82, 2.24) is 0 Å². The summed E-state index contributed by atoms with van der Waals surface area (Å²) in [6.45, 7) is 0.628. The fraction of sp³-hybridized carbons (Fsp3) is 0.143. The predicted molar refractivity (Wildman–Crippen MR) is 93.4 cm³/mol. The highest BCUT2D eigenvalue weighted by atomic mass is 16.5. The summed E-state index contributed by atoms with van der Waals surface area (Å²) in [7, 11) is 0. The SMILES string of the molecule is OCCc1cccc(-c2ccccc2)c1OCc1ccccc1. The lowest BCUT2D eigenvalue weighted by Crippen LogP contribution is -2.02. The van der Waals surface area contributed by atoms with Crippen molar-refractivity contribution in [2.75, 3.05) is 6.61 Å². The molecule has 0 heterocycles. The predicted octanol–water partition coefficient (Wildman–Crippen LogP) is 4.47. The molecule has 23 heavy (non-hydrogen) atoms. The molecule has 0 fully saturated rings. The van der Waals surface area contributed by atoms with E-state index in [4.69, 9.17) is 4.74 Å². The first kappa shape index (κ1) is 15.3. The molecule has 116 valence electrons. The molecule has 0 amide bonds. The first-order chi connectivity index (χ1) is 11.4. The summed E-state index contributed by atoms with van der Waals surface area (Å²) in [5.74, 6) is 0.858.